The number of hydrogen-bond acceptors (Lipinski definition) is 3. The van der Waals surface area contributed by atoms with E-state index in [1.807, 2.05) is 23.8 Å². The van der Waals surface area contributed by atoms with Gasteiger partial charge in [0, 0.05) is 19.6 Å². The summed E-state index contributed by atoms with van der Waals surface area (Å²) in [6, 6.07) is 1.92. The number of thiophene rings is 1. The highest BCUT2D eigenvalue weighted by molar-refractivity contribution is 7.07. The van der Waals surface area contributed by atoms with E-state index in [9.17, 15) is 9.90 Å². The highest BCUT2D eigenvalue weighted by Crippen LogP contribution is 2.16. The number of amides is 2. The number of rotatable bonds is 2. The zero-order chi connectivity index (χ0) is 12.3. The van der Waals surface area contributed by atoms with Crippen LogP contribution < -0.4 is 5.32 Å². The number of hydrogen-bond donors (Lipinski definition) is 2. The molecule has 1 aromatic rings. The first kappa shape index (κ1) is 12.4. The predicted octanol–water partition coefficient (Wildman–Crippen LogP) is 1.66. The van der Waals surface area contributed by atoms with Gasteiger partial charge in [-0.2, -0.15) is 11.3 Å². The van der Waals surface area contributed by atoms with Crippen LogP contribution in [0.3, 0.4) is 0 Å². The lowest BCUT2D eigenvalue weighted by molar-refractivity contribution is 0.0435. The highest BCUT2D eigenvalue weighted by Gasteiger charge is 2.26. The van der Waals surface area contributed by atoms with Crippen LogP contribution in [-0.2, 0) is 6.54 Å². The van der Waals surface area contributed by atoms with Gasteiger partial charge in [-0.1, -0.05) is 6.92 Å². The minimum atomic E-state index is -0.393. The summed E-state index contributed by atoms with van der Waals surface area (Å²) in [6.07, 6.45) is 0.475. The number of nitrogens with one attached hydrogen (secondary N) is 1. The van der Waals surface area contributed by atoms with Crippen molar-refractivity contribution in [2.24, 2.45) is 5.92 Å². The van der Waals surface area contributed by atoms with Crippen LogP contribution >= 0.6 is 11.3 Å². The number of aliphatic hydroxyl groups excluding tert-OH is 1. The molecule has 2 amide bonds. The lowest BCUT2D eigenvalue weighted by Gasteiger charge is -2.34. The van der Waals surface area contributed by atoms with Gasteiger partial charge in [0.2, 0.25) is 0 Å². The summed E-state index contributed by atoms with van der Waals surface area (Å²) in [4.78, 5) is 13.5. The van der Waals surface area contributed by atoms with E-state index in [0.29, 0.717) is 13.1 Å². The van der Waals surface area contributed by atoms with Crippen LogP contribution in [0.25, 0.3) is 0 Å². The maximum Gasteiger partial charge on any atom is 0.317 e. The molecule has 2 heterocycles. The molecule has 4 nitrogen and oxygen atoms in total. The van der Waals surface area contributed by atoms with Crippen LogP contribution in [-0.4, -0.2) is 35.2 Å². The Balaban J connectivity index is 1.80. The van der Waals surface area contributed by atoms with E-state index in [4.69, 9.17) is 0 Å². The topological polar surface area (TPSA) is 52.6 Å². The Kier molecular flexibility index (Phi) is 4.02. The first-order chi connectivity index (χ1) is 8.16. The molecule has 1 aliphatic rings. The van der Waals surface area contributed by atoms with Gasteiger partial charge in [-0.25, -0.2) is 4.79 Å². The molecule has 1 fully saturated rings. The molecule has 17 heavy (non-hydrogen) atoms. The van der Waals surface area contributed by atoms with E-state index >= 15 is 0 Å². The minimum Gasteiger partial charge on any atom is -0.391 e. The maximum atomic E-state index is 11.9. The van der Waals surface area contributed by atoms with Crippen LogP contribution in [0, 0.1) is 5.92 Å². The number of urea groups is 1. The van der Waals surface area contributed by atoms with Crippen molar-refractivity contribution in [1.29, 1.82) is 0 Å². The van der Waals surface area contributed by atoms with Crippen molar-refractivity contribution in [1.82, 2.24) is 10.2 Å². The van der Waals surface area contributed by atoms with Gasteiger partial charge >= 0.3 is 6.03 Å². The van der Waals surface area contributed by atoms with Gasteiger partial charge < -0.3 is 15.3 Å². The third-order valence-electron chi connectivity index (χ3n) is 3.23. The zero-order valence-corrected chi connectivity index (χ0v) is 10.7. The molecule has 1 aromatic heterocycles. The number of piperidine rings is 1. The second kappa shape index (κ2) is 5.51. The van der Waals surface area contributed by atoms with Crippen molar-refractivity contribution in [3.8, 4) is 0 Å². The molecule has 2 atom stereocenters. The summed E-state index contributed by atoms with van der Waals surface area (Å²) in [5.41, 5.74) is 1.12. The molecule has 0 spiro atoms. The third kappa shape index (κ3) is 3.20. The molecule has 2 unspecified atom stereocenters. The van der Waals surface area contributed by atoms with Crippen molar-refractivity contribution >= 4 is 17.4 Å². The van der Waals surface area contributed by atoms with Gasteiger partial charge in [-0.3, -0.25) is 0 Å². The number of aliphatic hydroxyl groups is 1. The van der Waals surface area contributed by atoms with E-state index in [-0.39, 0.29) is 11.9 Å². The summed E-state index contributed by atoms with van der Waals surface area (Å²) < 4.78 is 0. The molecule has 0 aliphatic carbocycles. The smallest absolute Gasteiger partial charge is 0.317 e. The molecule has 2 rings (SSSR count). The third-order valence-corrected chi connectivity index (χ3v) is 3.96. The van der Waals surface area contributed by atoms with Crippen LogP contribution in [0.2, 0.25) is 0 Å². The Bertz CT molecular complexity index is 367. The molecular formula is C12H18N2O2S. The first-order valence-corrected chi connectivity index (χ1v) is 6.83. The summed E-state index contributed by atoms with van der Waals surface area (Å²) in [7, 11) is 0. The van der Waals surface area contributed by atoms with Crippen LogP contribution in [0.1, 0.15) is 18.9 Å². The second-order valence-electron chi connectivity index (χ2n) is 4.57. The fourth-order valence-corrected chi connectivity index (χ4v) is 2.58. The summed E-state index contributed by atoms with van der Waals surface area (Å²) in [6.45, 7) is 3.75. The average molecular weight is 254 g/mol. The van der Waals surface area contributed by atoms with E-state index in [1.165, 1.54) is 0 Å². The Morgan fingerprint density at radius 3 is 3.18 bits per heavy atom. The summed E-state index contributed by atoms with van der Waals surface area (Å²) >= 11 is 1.62. The van der Waals surface area contributed by atoms with E-state index in [2.05, 4.69) is 5.32 Å². The van der Waals surface area contributed by atoms with E-state index < -0.39 is 6.10 Å². The van der Waals surface area contributed by atoms with Gasteiger partial charge in [-0.15, -0.1) is 0 Å². The molecule has 5 heteroatoms. The van der Waals surface area contributed by atoms with Gasteiger partial charge in [0.1, 0.15) is 0 Å². The Morgan fingerprint density at radius 1 is 1.71 bits per heavy atom. The largest absolute Gasteiger partial charge is 0.391 e. The van der Waals surface area contributed by atoms with Gasteiger partial charge in [0.15, 0.2) is 0 Å². The molecule has 0 aromatic carbocycles. The normalized spacial score (nSPS) is 24.7. The number of β-amino-alcohol motifs (C(OH)–C–C–N with tert-alkyl or cyclic N) is 1. The number of carbonyl (C=O) groups excluding carboxylic acids is 1. The highest BCUT2D eigenvalue weighted by atomic mass is 32.1. The lowest BCUT2D eigenvalue weighted by Crippen LogP contribution is -2.49. The molecular weight excluding hydrogens is 236 g/mol. The van der Waals surface area contributed by atoms with Crippen molar-refractivity contribution in [2.75, 3.05) is 13.1 Å². The SMILES string of the molecule is CC1CCN(C(=O)NCc2ccsc2)CC1O. The van der Waals surface area contributed by atoms with Gasteiger partial charge in [0.25, 0.3) is 0 Å². The van der Waals surface area contributed by atoms with Crippen molar-refractivity contribution < 1.29 is 9.90 Å². The van der Waals surface area contributed by atoms with E-state index in [1.54, 1.807) is 16.2 Å². The van der Waals surface area contributed by atoms with E-state index in [0.717, 1.165) is 18.5 Å². The van der Waals surface area contributed by atoms with Crippen molar-refractivity contribution in [2.45, 2.75) is 26.0 Å². The Morgan fingerprint density at radius 2 is 2.53 bits per heavy atom. The summed E-state index contributed by atoms with van der Waals surface area (Å²) in [5.74, 6) is 0.288. The van der Waals surface area contributed by atoms with Crippen LogP contribution in [0.15, 0.2) is 16.8 Å². The minimum absolute atomic E-state index is 0.0813. The van der Waals surface area contributed by atoms with Gasteiger partial charge in [-0.05, 0) is 34.7 Å². The van der Waals surface area contributed by atoms with Crippen LogP contribution in [0.4, 0.5) is 4.79 Å². The molecule has 94 valence electrons. The van der Waals surface area contributed by atoms with Crippen molar-refractivity contribution in [3.05, 3.63) is 22.4 Å². The predicted molar refractivity (Wildman–Crippen MR) is 67.9 cm³/mol. The fraction of sp³-hybridized carbons (Fsp3) is 0.583. The van der Waals surface area contributed by atoms with Crippen molar-refractivity contribution in [3.63, 3.8) is 0 Å². The molecule has 2 N–H and O–H groups in total. The quantitative estimate of drug-likeness (QED) is 0.843. The zero-order valence-electron chi connectivity index (χ0n) is 9.93. The molecule has 1 aliphatic heterocycles. The molecule has 1 saturated heterocycles. The number of nitrogens with zero attached hydrogens (tertiary/aromatic N) is 1. The standard InChI is InChI=1S/C12H18N2O2S/c1-9-2-4-14(7-11(9)15)12(16)13-6-10-3-5-17-8-10/h3,5,8-9,11,15H,2,4,6-7H2,1H3,(H,13,16). The number of carbonyl (C=O) groups is 1. The number of likely N-dealkylation sites (tertiary alicyclic amines) is 1. The maximum absolute atomic E-state index is 11.9. The fourth-order valence-electron chi connectivity index (χ4n) is 1.92. The second-order valence-corrected chi connectivity index (χ2v) is 5.35. The van der Waals surface area contributed by atoms with Crippen LogP contribution in [0.5, 0.6) is 0 Å². The molecule has 0 radical (unpaired) electrons. The Hall–Kier alpha value is -1.07. The average Bonchev–Trinajstić information content (AvgIpc) is 2.82. The monoisotopic (exact) mass is 254 g/mol. The Labute approximate surface area is 105 Å². The van der Waals surface area contributed by atoms with Gasteiger partial charge in [0.05, 0.1) is 6.10 Å². The molecule has 0 bridgehead atoms. The molecule has 0 saturated carbocycles. The lowest BCUT2D eigenvalue weighted by atomic mass is 9.96. The summed E-state index contributed by atoms with van der Waals surface area (Å²) in [5, 5.41) is 16.6. The first-order valence-electron chi connectivity index (χ1n) is 5.88.